The predicted molar refractivity (Wildman–Crippen MR) is 281 cm³/mol. The minimum Gasteiger partial charge on any atom is -0.459 e. The van der Waals surface area contributed by atoms with Crippen LogP contribution < -0.4 is 14.5 Å². The molecule has 4 heterocycles. The summed E-state index contributed by atoms with van der Waals surface area (Å²) in [7, 11) is -9.60. The summed E-state index contributed by atoms with van der Waals surface area (Å²) in [6.45, 7) is 27.1. The Kier molecular flexibility index (Phi) is 15.4. The number of benzene rings is 2. The SMILES string of the molecule is CC(C)(C)OC(=O)C1(N(CC[Si](C)(C)C)S(=O)(=O)c2ccc(N3CCOCC3)s2)CC1(C)c1ccccc1.CC(C)(C)OC(=O)C1(NS(=O)(=O)c2ccc(N3CCOCC3)s2)CC1(C)c1ccccc1. The molecular weight excluding hydrogens is 985 g/mol. The smallest absolute Gasteiger partial charge is 0.329 e. The van der Waals surface area contributed by atoms with Crippen molar-refractivity contribution in [1.29, 1.82) is 0 Å². The molecule has 384 valence electrons. The Morgan fingerprint density at radius 3 is 1.57 bits per heavy atom. The van der Waals surface area contributed by atoms with Crippen molar-refractivity contribution in [3.05, 3.63) is 96.1 Å². The van der Waals surface area contributed by atoms with Gasteiger partial charge >= 0.3 is 11.9 Å². The standard InChI is InChI=1S/C28H42N2O5S2Si.C23H30N2O5S2/c1-26(2,3)35-25(31)28(21-27(28,4)22-11-9-8-10-12-22)30(17-20-38(5,6)7)37(32,33)24-14-13-23(36-24)29-15-18-34-19-16-29;1-21(2,3)30-20(26)23(16-22(23,4)17-8-6-5-7-9-17)24-32(27,28)19-11-10-18(31-19)25-12-14-29-15-13-25/h8-14H,15-21H2,1-7H3;5-11,24H,12-16H2,1-4H3. The van der Waals surface area contributed by atoms with Gasteiger partial charge in [0.2, 0.25) is 0 Å². The van der Waals surface area contributed by atoms with E-state index >= 15 is 0 Å². The molecule has 4 aromatic rings. The number of thiophene rings is 2. The van der Waals surface area contributed by atoms with Crippen molar-refractivity contribution in [2.45, 2.75) is 135 Å². The van der Waals surface area contributed by atoms with E-state index in [0.717, 1.165) is 53.4 Å². The molecule has 2 saturated heterocycles. The highest BCUT2D eigenvalue weighted by Crippen LogP contribution is 2.63. The number of morpholine rings is 2. The molecule has 2 saturated carbocycles. The number of anilines is 2. The average molecular weight is 1060 g/mol. The van der Waals surface area contributed by atoms with Gasteiger partial charge in [0.25, 0.3) is 20.0 Å². The number of nitrogens with one attached hydrogen (secondary N) is 1. The molecule has 4 atom stereocenters. The third-order valence-electron chi connectivity index (χ3n) is 13.5. The molecule has 8 rings (SSSR count). The molecule has 2 aliphatic heterocycles. The first-order valence-corrected chi connectivity index (χ1v) is 32.3. The minimum absolute atomic E-state index is 0.184. The van der Waals surface area contributed by atoms with Crippen LogP contribution >= 0.6 is 22.7 Å². The Labute approximate surface area is 425 Å². The highest BCUT2D eigenvalue weighted by Gasteiger charge is 2.77. The van der Waals surface area contributed by atoms with Gasteiger partial charge < -0.3 is 28.7 Å². The third-order valence-corrected chi connectivity index (χ3v) is 21.9. The third kappa shape index (κ3) is 11.4. The highest BCUT2D eigenvalue weighted by molar-refractivity contribution is 7.92. The van der Waals surface area contributed by atoms with Gasteiger partial charge in [0.15, 0.2) is 0 Å². The molecule has 70 heavy (non-hydrogen) atoms. The van der Waals surface area contributed by atoms with E-state index in [1.54, 1.807) is 32.9 Å². The van der Waals surface area contributed by atoms with Crippen LogP contribution in [0.25, 0.3) is 0 Å². The van der Waals surface area contributed by atoms with Crippen molar-refractivity contribution in [1.82, 2.24) is 9.03 Å². The molecule has 0 bridgehead atoms. The van der Waals surface area contributed by atoms with Crippen LogP contribution in [-0.4, -0.2) is 123 Å². The molecule has 2 aromatic carbocycles. The fraction of sp³-hybridized carbons (Fsp3) is 0.569. The van der Waals surface area contributed by atoms with Gasteiger partial charge in [-0.15, -0.1) is 22.7 Å². The second kappa shape index (κ2) is 20.0. The fourth-order valence-electron chi connectivity index (χ4n) is 9.39. The molecule has 0 amide bonds. The predicted octanol–water partition coefficient (Wildman–Crippen LogP) is 8.66. The zero-order chi connectivity index (χ0) is 51.2. The topological polar surface area (TPSA) is 161 Å². The summed E-state index contributed by atoms with van der Waals surface area (Å²) in [6.07, 6.45) is 0.714. The lowest BCUT2D eigenvalue weighted by molar-refractivity contribution is -0.162. The van der Waals surface area contributed by atoms with E-state index in [0.29, 0.717) is 39.3 Å². The Hall–Kier alpha value is -3.66. The number of carbonyl (C=O) groups is 2. The van der Waals surface area contributed by atoms with E-state index in [1.807, 2.05) is 107 Å². The number of carbonyl (C=O) groups excluding carboxylic acids is 2. The van der Waals surface area contributed by atoms with E-state index < -0.39 is 73.2 Å². The highest BCUT2D eigenvalue weighted by atomic mass is 32.3. The summed E-state index contributed by atoms with van der Waals surface area (Å²) in [4.78, 5) is 31.7. The maximum absolute atomic E-state index is 14.5. The lowest BCUT2D eigenvalue weighted by Gasteiger charge is -2.36. The monoisotopic (exact) mass is 1060 g/mol. The van der Waals surface area contributed by atoms with Gasteiger partial charge in [-0.2, -0.15) is 9.03 Å². The van der Waals surface area contributed by atoms with Gasteiger partial charge in [0, 0.05) is 51.6 Å². The van der Waals surface area contributed by atoms with Gasteiger partial charge in [-0.3, -0.25) is 0 Å². The summed E-state index contributed by atoms with van der Waals surface area (Å²) in [5.41, 5.74) is -3.71. The molecule has 0 spiro atoms. The number of hydrogen-bond acceptors (Lipinski definition) is 14. The second-order valence-corrected chi connectivity index (χ2v) is 34.1. The van der Waals surface area contributed by atoms with Crippen LogP contribution in [0.15, 0.2) is 93.3 Å². The quantitative estimate of drug-likeness (QED) is 0.0893. The van der Waals surface area contributed by atoms with E-state index in [9.17, 15) is 26.4 Å². The molecule has 2 aromatic heterocycles. The number of ether oxygens (including phenoxy) is 4. The zero-order valence-electron chi connectivity index (χ0n) is 42.6. The lowest BCUT2D eigenvalue weighted by Crippen LogP contribution is -2.54. The summed E-state index contributed by atoms with van der Waals surface area (Å²) in [6, 6.07) is 27.0. The minimum atomic E-state index is -4.00. The fourth-order valence-corrected chi connectivity index (χ4v) is 16.5. The van der Waals surface area contributed by atoms with E-state index in [-0.39, 0.29) is 15.0 Å². The summed E-state index contributed by atoms with van der Waals surface area (Å²) >= 11 is 2.48. The van der Waals surface area contributed by atoms with Gasteiger partial charge in [-0.25, -0.2) is 26.4 Å². The van der Waals surface area contributed by atoms with Gasteiger partial charge in [0.1, 0.15) is 30.7 Å². The Morgan fingerprint density at radius 1 is 0.657 bits per heavy atom. The zero-order valence-corrected chi connectivity index (χ0v) is 46.9. The number of hydrogen-bond donors (Lipinski definition) is 1. The lowest BCUT2D eigenvalue weighted by atomic mass is 9.92. The molecule has 0 radical (unpaired) electrons. The molecule has 4 unspecified atom stereocenters. The molecular formula is C51H72N4O10S4Si. The van der Waals surface area contributed by atoms with Crippen LogP contribution in [0.2, 0.25) is 25.7 Å². The van der Waals surface area contributed by atoms with Crippen LogP contribution in [0.3, 0.4) is 0 Å². The molecule has 2 aliphatic carbocycles. The molecule has 4 fully saturated rings. The van der Waals surface area contributed by atoms with Crippen molar-refractivity contribution in [3.8, 4) is 0 Å². The number of esters is 2. The first-order valence-electron chi connectivity index (χ1n) is 24.1. The van der Waals surface area contributed by atoms with Gasteiger partial charge in [-0.1, -0.05) is 94.2 Å². The summed E-state index contributed by atoms with van der Waals surface area (Å²) in [5.74, 6) is -1.02. The maximum Gasteiger partial charge on any atom is 0.329 e. The van der Waals surface area contributed by atoms with Crippen LogP contribution in [-0.2, 0) is 59.4 Å². The number of sulfonamides is 2. The van der Waals surface area contributed by atoms with Gasteiger partial charge in [0.05, 0.1) is 36.4 Å². The van der Waals surface area contributed by atoms with Crippen molar-refractivity contribution >= 4 is 72.7 Å². The second-order valence-electron chi connectivity index (χ2n) is 22.4. The average Bonchev–Trinajstić information content (AvgIpc) is 3.78. The van der Waals surface area contributed by atoms with Crippen LogP contribution in [0.5, 0.6) is 0 Å². The van der Waals surface area contributed by atoms with Crippen LogP contribution in [0.1, 0.15) is 79.4 Å². The Morgan fingerprint density at radius 2 is 1.10 bits per heavy atom. The largest absolute Gasteiger partial charge is 0.459 e. The van der Waals surface area contributed by atoms with E-state index in [1.165, 1.54) is 27.0 Å². The van der Waals surface area contributed by atoms with Crippen molar-refractivity contribution in [3.63, 3.8) is 0 Å². The molecule has 19 heteroatoms. The van der Waals surface area contributed by atoms with Crippen molar-refractivity contribution < 1.29 is 45.4 Å². The molecule has 4 aliphatic rings. The first kappa shape index (κ1) is 54.1. The van der Waals surface area contributed by atoms with Gasteiger partial charge in [-0.05, 0) is 95.8 Å². The Bertz CT molecular complexity index is 2700. The maximum atomic E-state index is 14.5. The Balaban J connectivity index is 0.000000209. The summed E-state index contributed by atoms with van der Waals surface area (Å²) < 4.78 is 83.1. The van der Waals surface area contributed by atoms with Crippen molar-refractivity contribution in [2.24, 2.45) is 0 Å². The summed E-state index contributed by atoms with van der Waals surface area (Å²) in [5, 5.41) is 1.78. The van der Waals surface area contributed by atoms with Crippen LogP contribution in [0.4, 0.5) is 10.0 Å². The van der Waals surface area contributed by atoms with E-state index in [4.69, 9.17) is 18.9 Å². The van der Waals surface area contributed by atoms with Crippen LogP contribution in [0, 0.1) is 0 Å². The normalized spacial score (nSPS) is 25.2. The number of rotatable bonds is 15. The first-order chi connectivity index (χ1) is 32.6. The molecule has 14 nitrogen and oxygen atoms in total. The van der Waals surface area contributed by atoms with Crippen molar-refractivity contribution in [2.75, 3.05) is 69.0 Å². The molecule has 1 N–H and O–H groups in total. The number of nitrogens with zero attached hydrogens (tertiary/aromatic N) is 3. The van der Waals surface area contributed by atoms with E-state index in [2.05, 4.69) is 34.2 Å².